The number of hydrogen-bond acceptors (Lipinski definition) is 7. The molecule has 0 saturated carbocycles. The van der Waals surface area contributed by atoms with E-state index in [1.54, 1.807) is 18.9 Å². The SMILES string of the molecule is COCc1nc(NN)cc(SCCN(C)C)n1. The summed E-state index contributed by atoms with van der Waals surface area (Å²) in [5.41, 5.74) is 2.53. The number of anilines is 1. The standard InChI is InChI=1S/C10H19N5OS/c1-15(2)4-5-17-10-6-8(14-11)12-9(13-10)7-16-3/h6H,4-5,7,11H2,1-3H3,(H,12,13,14). The number of aromatic nitrogens is 2. The molecule has 3 N–H and O–H groups in total. The van der Waals surface area contributed by atoms with Gasteiger partial charge in [0.25, 0.3) is 0 Å². The predicted octanol–water partition coefficient (Wildman–Crippen LogP) is 0.562. The average molecular weight is 257 g/mol. The molecule has 0 aliphatic rings. The third kappa shape index (κ3) is 5.31. The Bertz CT molecular complexity index is 347. The van der Waals surface area contributed by atoms with Crippen LogP contribution in [0.4, 0.5) is 5.82 Å². The first-order chi connectivity index (χ1) is 8.15. The third-order valence-corrected chi connectivity index (χ3v) is 2.85. The van der Waals surface area contributed by atoms with Crippen molar-refractivity contribution in [2.45, 2.75) is 11.6 Å². The maximum atomic E-state index is 5.36. The summed E-state index contributed by atoms with van der Waals surface area (Å²) < 4.78 is 5.01. The van der Waals surface area contributed by atoms with Crippen molar-refractivity contribution >= 4 is 17.6 Å². The van der Waals surface area contributed by atoms with E-state index in [0.717, 1.165) is 17.3 Å². The zero-order valence-corrected chi connectivity index (χ0v) is 11.3. The highest BCUT2D eigenvalue weighted by atomic mass is 32.2. The molecular weight excluding hydrogens is 238 g/mol. The zero-order chi connectivity index (χ0) is 12.7. The minimum atomic E-state index is 0.386. The maximum absolute atomic E-state index is 5.36. The number of methoxy groups -OCH3 is 1. The van der Waals surface area contributed by atoms with E-state index in [-0.39, 0.29) is 0 Å². The van der Waals surface area contributed by atoms with Gasteiger partial charge in [-0.1, -0.05) is 0 Å². The van der Waals surface area contributed by atoms with E-state index in [4.69, 9.17) is 10.6 Å². The fourth-order valence-electron chi connectivity index (χ4n) is 1.15. The molecular formula is C10H19N5OS. The van der Waals surface area contributed by atoms with Gasteiger partial charge in [0.1, 0.15) is 17.5 Å². The molecule has 0 fully saturated rings. The number of hydrogen-bond donors (Lipinski definition) is 2. The maximum Gasteiger partial charge on any atom is 0.157 e. The number of ether oxygens (including phenoxy) is 1. The number of hydrazine groups is 1. The van der Waals surface area contributed by atoms with Gasteiger partial charge in [-0.3, -0.25) is 0 Å². The number of nitrogen functional groups attached to an aromatic ring is 1. The summed E-state index contributed by atoms with van der Waals surface area (Å²) in [7, 11) is 5.71. The Morgan fingerprint density at radius 3 is 2.82 bits per heavy atom. The molecule has 1 rings (SSSR count). The topological polar surface area (TPSA) is 76.3 Å². The fourth-order valence-corrected chi connectivity index (χ4v) is 2.18. The van der Waals surface area contributed by atoms with Crippen LogP contribution in [0, 0.1) is 0 Å². The molecule has 0 radical (unpaired) electrons. The normalized spacial score (nSPS) is 10.9. The largest absolute Gasteiger partial charge is 0.377 e. The summed E-state index contributed by atoms with van der Waals surface area (Å²) in [6.45, 7) is 1.39. The minimum absolute atomic E-state index is 0.386. The first kappa shape index (κ1) is 14.2. The first-order valence-corrected chi connectivity index (χ1v) is 6.25. The molecule has 0 amide bonds. The Labute approximate surface area is 106 Å². The molecule has 0 aromatic carbocycles. The second-order valence-electron chi connectivity index (χ2n) is 3.74. The summed E-state index contributed by atoms with van der Waals surface area (Å²) in [6.07, 6.45) is 0. The van der Waals surface area contributed by atoms with Crippen LogP contribution in [-0.4, -0.2) is 48.4 Å². The Balaban J connectivity index is 2.66. The van der Waals surface area contributed by atoms with Crippen LogP contribution in [0.1, 0.15) is 5.82 Å². The molecule has 0 unspecified atom stereocenters. The molecule has 6 nitrogen and oxygen atoms in total. The van der Waals surface area contributed by atoms with Crippen molar-refractivity contribution in [3.8, 4) is 0 Å². The Kier molecular flexibility index (Phi) is 6.20. The van der Waals surface area contributed by atoms with Gasteiger partial charge in [0, 0.05) is 25.5 Å². The summed E-state index contributed by atoms with van der Waals surface area (Å²) >= 11 is 1.67. The summed E-state index contributed by atoms with van der Waals surface area (Å²) in [5.74, 6) is 7.58. The van der Waals surface area contributed by atoms with E-state index < -0.39 is 0 Å². The van der Waals surface area contributed by atoms with Crippen molar-refractivity contribution in [1.29, 1.82) is 0 Å². The van der Waals surface area contributed by atoms with Gasteiger partial charge in [-0.05, 0) is 14.1 Å². The van der Waals surface area contributed by atoms with Crippen LogP contribution in [0.2, 0.25) is 0 Å². The fraction of sp³-hybridized carbons (Fsp3) is 0.600. The van der Waals surface area contributed by atoms with Gasteiger partial charge in [0.2, 0.25) is 0 Å². The number of nitrogens with zero attached hydrogens (tertiary/aromatic N) is 3. The lowest BCUT2D eigenvalue weighted by atomic mass is 10.5. The van der Waals surface area contributed by atoms with E-state index in [2.05, 4.69) is 20.3 Å². The monoisotopic (exact) mass is 257 g/mol. The molecule has 96 valence electrons. The highest BCUT2D eigenvalue weighted by molar-refractivity contribution is 7.99. The van der Waals surface area contributed by atoms with Gasteiger partial charge in [-0.2, -0.15) is 0 Å². The highest BCUT2D eigenvalue weighted by Gasteiger charge is 2.04. The van der Waals surface area contributed by atoms with Crippen LogP contribution in [0.5, 0.6) is 0 Å². The molecule has 0 bridgehead atoms. The van der Waals surface area contributed by atoms with Crippen LogP contribution in [-0.2, 0) is 11.3 Å². The average Bonchev–Trinajstić information content (AvgIpc) is 2.28. The van der Waals surface area contributed by atoms with Crippen molar-refractivity contribution in [2.75, 3.05) is 38.9 Å². The molecule has 1 heterocycles. The summed E-state index contributed by atoms with van der Waals surface area (Å²) in [4.78, 5) is 10.7. The lowest BCUT2D eigenvalue weighted by Gasteiger charge is -2.09. The van der Waals surface area contributed by atoms with Gasteiger partial charge in [0.15, 0.2) is 5.82 Å². The van der Waals surface area contributed by atoms with Gasteiger partial charge in [-0.15, -0.1) is 11.8 Å². The Morgan fingerprint density at radius 2 is 2.24 bits per heavy atom. The van der Waals surface area contributed by atoms with E-state index in [1.165, 1.54) is 0 Å². The number of nitrogens with two attached hydrogens (primary N) is 1. The minimum Gasteiger partial charge on any atom is -0.377 e. The summed E-state index contributed by atoms with van der Waals surface area (Å²) in [5, 5.41) is 0.904. The van der Waals surface area contributed by atoms with Crippen LogP contribution < -0.4 is 11.3 Å². The van der Waals surface area contributed by atoms with E-state index >= 15 is 0 Å². The first-order valence-electron chi connectivity index (χ1n) is 5.26. The molecule has 0 atom stereocenters. The quantitative estimate of drug-likeness (QED) is 0.320. The molecule has 0 aliphatic heterocycles. The lowest BCUT2D eigenvalue weighted by Crippen LogP contribution is -2.15. The van der Waals surface area contributed by atoms with E-state index in [9.17, 15) is 0 Å². The van der Waals surface area contributed by atoms with Crippen molar-refractivity contribution in [2.24, 2.45) is 5.84 Å². The third-order valence-electron chi connectivity index (χ3n) is 1.96. The molecule has 0 aliphatic carbocycles. The molecule has 0 saturated heterocycles. The van der Waals surface area contributed by atoms with Crippen LogP contribution >= 0.6 is 11.8 Å². The smallest absolute Gasteiger partial charge is 0.157 e. The number of nitrogens with one attached hydrogen (secondary N) is 1. The van der Waals surface area contributed by atoms with Crippen LogP contribution in [0.25, 0.3) is 0 Å². The van der Waals surface area contributed by atoms with Crippen molar-refractivity contribution < 1.29 is 4.74 Å². The van der Waals surface area contributed by atoms with Crippen molar-refractivity contribution in [3.63, 3.8) is 0 Å². The lowest BCUT2D eigenvalue weighted by molar-refractivity contribution is 0.177. The second kappa shape index (κ2) is 7.44. The molecule has 1 aromatic rings. The van der Waals surface area contributed by atoms with Crippen molar-refractivity contribution in [1.82, 2.24) is 14.9 Å². The van der Waals surface area contributed by atoms with Gasteiger partial charge in [0.05, 0.1) is 0 Å². The predicted molar refractivity (Wildman–Crippen MR) is 69.8 cm³/mol. The number of rotatable bonds is 7. The molecule has 1 aromatic heterocycles. The Hall–Kier alpha value is -0.890. The van der Waals surface area contributed by atoms with Gasteiger partial charge >= 0.3 is 0 Å². The van der Waals surface area contributed by atoms with E-state index in [1.807, 2.05) is 20.2 Å². The van der Waals surface area contributed by atoms with Gasteiger partial charge < -0.3 is 15.1 Å². The zero-order valence-electron chi connectivity index (χ0n) is 10.4. The molecule has 0 spiro atoms. The Morgan fingerprint density at radius 1 is 1.47 bits per heavy atom. The molecule has 17 heavy (non-hydrogen) atoms. The summed E-state index contributed by atoms with van der Waals surface area (Å²) in [6, 6.07) is 1.83. The van der Waals surface area contributed by atoms with E-state index in [0.29, 0.717) is 18.2 Å². The van der Waals surface area contributed by atoms with Crippen molar-refractivity contribution in [3.05, 3.63) is 11.9 Å². The van der Waals surface area contributed by atoms with Crippen LogP contribution in [0.15, 0.2) is 11.1 Å². The van der Waals surface area contributed by atoms with Gasteiger partial charge in [-0.25, -0.2) is 15.8 Å². The molecule has 7 heteroatoms. The second-order valence-corrected chi connectivity index (χ2v) is 4.85. The van der Waals surface area contributed by atoms with Crippen LogP contribution in [0.3, 0.4) is 0 Å². The number of thioether (sulfide) groups is 1. The highest BCUT2D eigenvalue weighted by Crippen LogP contribution is 2.18.